The maximum absolute atomic E-state index is 14.0. The van der Waals surface area contributed by atoms with Crippen LogP contribution in [0.3, 0.4) is 0 Å². The van der Waals surface area contributed by atoms with E-state index in [4.69, 9.17) is 5.11 Å². The minimum atomic E-state index is -0.850. The Morgan fingerprint density at radius 3 is 2.70 bits per heavy atom. The quantitative estimate of drug-likeness (QED) is 0.851. The van der Waals surface area contributed by atoms with Gasteiger partial charge in [-0.25, -0.2) is 8.78 Å². The number of amides is 2. The van der Waals surface area contributed by atoms with Gasteiger partial charge in [-0.2, -0.15) is 0 Å². The third-order valence-corrected chi connectivity index (χ3v) is 5.27. The summed E-state index contributed by atoms with van der Waals surface area (Å²) in [5, 5.41) is 8.82. The van der Waals surface area contributed by atoms with Crippen molar-refractivity contribution in [3.05, 3.63) is 29.8 Å². The van der Waals surface area contributed by atoms with Crippen molar-refractivity contribution in [1.82, 2.24) is 4.90 Å². The Hall–Kier alpha value is -2.51. The number of carboxylic acids is 1. The molecule has 2 atom stereocenters. The van der Waals surface area contributed by atoms with Gasteiger partial charge in [0.05, 0.1) is 11.6 Å². The molecular formula is C19H22F2N2O4. The van der Waals surface area contributed by atoms with Crippen LogP contribution in [-0.2, 0) is 14.4 Å². The van der Waals surface area contributed by atoms with Gasteiger partial charge < -0.3 is 14.9 Å². The molecule has 1 N–H and O–H groups in total. The molecule has 3 rings (SSSR count). The van der Waals surface area contributed by atoms with E-state index in [1.807, 2.05) is 0 Å². The van der Waals surface area contributed by atoms with Crippen LogP contribution in [0.1, 0.15) is 32.1 Å². The molecule has 2 fully saturated rings. The van der Waals surface area contributed by atoms with Crippen LogP contribution >= 0.6 is 0 Å². The normalized spacial score (nSPS) is 23.0. The van der Waals surface area contributed by atoms with Crippen LogP contribution < -0.4 is 4.90 Å². The van der Waals surface area contributed by atoms with Crippen LogP contribution in [0.25, 0.3) is 0 Å². The predicted octanol–water partition coefficient (Wildman–Crippen LogP) is 2.42. The van der Waals surface area contributed by atoms with E-state index in [-0.39, 0.29) is 42.8 Å². The van der Waals surface area contributed by atoms with Gasteiger partial charge in [0.15, 0.2) is 0 Å². The van der Waals surface area contributed by atoms with Gasteiger partial charge in [-0.15, -0.1) is 0 Å². The van der Waals surface area contributed by atoms with Crippen molar-refractivity contribution < 1.29 is 28.3 Å². The van der Waals surface area contributed by atoms with E-state index in [2.05, 4.69) is 0 Å². The van der Waals surface area contributed by atoms with Gasteiger partial charge in [0.25, 0.3) is 0 Å². The molecule has 2 aliphatic heterocycles. The highest BCUT2D eigenvalue weighted by Gasteiger charge is 2.39. The average molecular weight is 380 g/mol. The number of likely N-dealkylation sites (tertiary alicyclic amines) is 1. The van der Waals surface area contributed by atoms with E-state index in [1.165, 1.54) is 11.0 Å². The number of carboxylic acid groups (broad SMARTS) is 1. The van der Waals surface area contributed by atoms with E-state index in [1.54, 1.807) is 4.90 Å². The molecule has 2 aliphatic rings. The summed E-state index contributed by atoms with van der Waals surface area (Å²) in [5.74, 6) is -3.36. The highest BCUT2D eigenvalue weighted by atomic mass is 19.1. The SMILES string of the molecule is O=C(O)CC[C@H]1CCCN(C(=O)[C@H]2CC(=O)N(c3ccc(F)cc3F)C2)C1. The lowest BCUT2D eigenvalue weighted by molar-refractivity contribution is -0.138. The molecule has 6 nitrogen and oxygen atoms in total. The first-order valence-electron chi connectivity index (χ1n) is 9.11. The van der Waals surface area contributed by atoms with Crippen LogP contribution in [0.4, 0.5) is 14.5 Å². The topological polar surface area (TPSA) is 77.9 Å². The fraction of sp³-hybridized carbons (Fsp3) is 0.526. The van der Waals surface area contributed by atoms with Crippen molar-refractivity contribution in [2.75, 3.05) is 24.5 Å². The van der Waals surface area contributed by atoms with Crippen molar-refractivity contribution >= 4 is 23.5 Å². The van der Waals surface area contributed by atoms with Gasteiger partial charge >= 0.3 is 5.97 Å². The van der Waals surface area contributed by atoms with Gasteiger partial charge in [-0.05, 0) is 37.3 Å². The molecule has 8 heteroatoms. The summed E-state index contributed by atoms with van der Waals surface area (Å²) in [5.41, 5.74) is -0.0188. The number of aliphatic carboxylic acids is 1. The molecule has 27 heavy (non-hydrogen) atoms. The molecule has 0 aliphatic carbocycles. The Kier molecular flexibility index (Phi) is 5.72. The molecule has 0 spiro atoms. The smallest absolute Gasteiger partial charge is 0.303 e. The molecule has 0 aromatic heterocycles. The van der Waals surface area contributed by atoms with E-state index in [0.29, 0.717) is 19.5 Å². The maximum Gasteiger partial charge on any atom is 0.303 e. The van der Waals surface area contributed by atoms with E-state index in [9.17, 15) is 23.2 Å². The lowest BCUT2D eigenvalue weighted by Crippen LogP contribution is -2.43. The summed E-state index contributed by atoms with van der Waals surface area (Å²) < 4.78 is 27.1. The Balaban J connectivity index is 1.64. The zero-order valence-electron chi connectivity index (χ0n) is 14.9. The molecule has 0 unspecified atom stereocenters. The number of piperidine rings is 1. The van der Waals surface area contributed by atoms with Crippen molar-refractivity contribution in [3.8, 4) is 0 Å². The zero-order valence-corrected chi connectivity index (χ0v) is 14.9. The maximum atomic E-state index is 14.0. The second-order valence-corrected chi connectivity index (χ2v) is 7.23. The largest absolute Gasteiger partial charge is 0.481 e. The third kappa shape index (κ3) is 4.43. The van der Waals surface area contributed by atoms with Gasteiger partial charge in [0, 0.05) is 38.5 Å². The van der Waals surface area contributed by atoms with E-state index >= 15 is 0 Å². The molecule has 1 aromatic carbocycles. The summed E-state index contributed by atoms with van der Waals surface area (Å²) in [6, 6.07) is 3.01. The average Bonchev–Trinajstić information content (AvgIpc) is 3.01. The van der Waals surface area contributed by atoms with E-state index in [0.717, 1.165) is 25.0 Å². The molecule has 1 aromatic rings. The molecule has 0 radical (unpaired) electrons. The second kappa shape index (κ2) is 8.02. The van der Waals surface area contributed by atoms with Crippen LogP contribution in [0, 0.1) is 23.5 Å². The summed E-state index contributed by atoms with van der Waals surface area (Å²) in [6.07, 6.45) is 2.27. The fourth-order valence-electron chi connectivity index (χ4n) is 3.89. The van der Waals surface area contributed by atoms with Crippen molar-refractivity contribution in [2.24, 2.45) is 11.8 Å². The number of rotatable bonds is 5. The second-order valence-electron chi connectivity index (χ2n) is 7.23. The van der Waals surface area contributed by atoms with Crippen molar-refractivity contribution in [3.63, 3.8) is 0 Å². The number of benzene rings is 1. The van der Waals surface area contributed by atoms with Gasteiger partial charge in [0.2, 0.25) is 11.8 Å². The van der Waals surface area contributed by atoms with Crippen molar-refractivity contribution in [1.29, 1.82) is 0 Å². The first-order valence-corrected chi connectivity index (χ1v) is 9.11. The highest BCUT2D eigenvalue weighted by Crippen LogP contribution is 2.30. The Morgan fingerprint density at radius 2 is 2.00 bits per heavy atom. The monoisotopic (exact) mass is 380 g/mol. The molecule has 2 amide bonds. The number of nitrogens with zero attached hydrogens (tertiary/aromatic N) is 2. The molecule has 146 valence electrons. The highest BCUT2D eigenvalue weighted by molar-refractivity contribution is 6.00. The number of hydrogen-bond donors (Lipinski definition) is 1. The Bertz CT molecular complexity index is 755. The van der Waals surface area contributed by atoms with Gasteiger partial charge in [0.1, 0.15) is 11.6 Å². The lowest BCUT2D eigenvalue weighted by atomic mass is 9.92. The molecule has 2 saturated heterocycles. The van der Waals surface area contributed by atoms with Crippen LogP contribution in [0.2, 0.25) is 0 Å². The minimum absolute atomic E-state index is 0.00799. The number of carbonyl (C=O) groups excluding carboxylic acids is 2. The first-order chi connectivity index (χ1) is 12.8. The predicted molar refractivity (Wildman–Crippen MR) is 93.0 cm³/mol. The fourth-order valence-corrected chi connectivity index (χ4v) is 3.89. The van der Waals surface area contributed by atoms with E-state index < -0.39 is 23.5 Å². The lowest BCUT2D eigenvalue weighted by Gasteiger charge is -2.34. The molecular weight excluding hydrogens is 358 g/mol. The first kappa shape index (κ1) is 19.3. The number of halogens is 2. The number of carbonyl (C=O) groups is 3. The van der Waals surface area contributed by atoms with Crippen LogP contribution in [-0.4, -0.2) is 47.4 Å². The van der Waals surface area contributed by atoms with Gasteiger partial charge in [-0.1, -0.05) is 0 Å². The van der Waals surface area contributed by atoms with Crippen LogP contribution in [0.15, 0.2) is 18.2 Å². The zero-order chi connectivity index (χ0) is 19.6. The standard InChI is InChI=1S/C19H22F2N2O4/c20-14-4-5-16(15(21)9-14)23-11-13(8-17(23)24)19(27)22-7-1-2-12(10-22)3-6-18(25)26/h4-5,9,12-13H,1-3,6-8,10-11H2,(H,25,26)/t12-,13+/m1/s1. The van der Waals surface area contributed by atoms with Gasteiger partial charge in [-0.3, -0.25) is 14.4 Å². The molecule has 2 heterocycles. The van der Waals surface area contributed by atoms with Crippen LogP contribution in [0.5, 0.6) is 0 Å². The molecule has 0 saturated carbocycles. The summed E-state index contributed by atoms with van der Waals surface area (Å²) >= 11 is 0. The Labute approximate surface area is 155 Å². The number of anilines is 1. The van der Waals surface area contributed by atoms with Crippen molar-refractivity contribution in [2.45, 2.75) is 32.1 Å². The molecule has 0 bridgehead atoms. The summed E-state index contributed by atoms with van der Waals surface area (Å²) in [7, 11) is 0. The number of hydrogen-bond acceptors (Lipinski definition) is 3. The Morgan fingerprint density at radius 1 is 1.22 bits per heavy atom. The third-order valence-electron chi connectivity index (χ3n) is 5.27. The minimum Gasteiger partial charge on any atom is -0.481 e. The summed E-state index contributed by atoms with van der Waals surface area (Å²) in [6.45, 7) is 1.14. The summed E-state index contributed by atoms with van der Waals surface area (Å²) in [4.78, 5) is 38.7.